The first-order valence-corrected chi connectivity index (χ1v) is 9.12. The number of carbonyl (C=O) groups is 1. The van der Waals surface area contributed by atoms with Crippen LogP contribution in [0.4, 0.5) is 0 Å². The van der Waals surface area contributed by atoms with Crippen molar-refractivity contribution >= 4 is 16.0 Å². The van der Waals surface area contributed by atoms with Crippen LogP contribution in [0, 0.1) is 0 Å². The molecule has 0 aromatic rings. The van der Waals surface area contributed by atoms with Crippen molar-refractivity contribution < 1.29 is 23.1 Å². The lowest BCUT2D eigenvalue weighted by molar-refractivity contribution is -0.139. The van der Waals surface area contributed by atoms with Gasteiger partial charge < -0.3 is 9.84 Å². The Kier molecular flexibility index (Phi) is 5.59. The van der Waals surface area contributed by atoms with E-state index in [-0.39, 0.29) is 30.5 Å². The van der Waals surface area contributed by atoms with Gasteiger partial charge in [0.1, 0.15) is 0 Å². The number of carboxylic acid groups (broad SMARTS) is 1. The summed E-state index contributed by atoms with van der Waals surface area (Å²) < 4.78 is 32.1. The van der Waals surface area contributed by atoms with Gasteiger partial charge in [-0.05, 0) is 32.2 Å². The Morgan fingerprint density at radius 3 is 2.67 bits per heavy atom. The SMILES string of the molecule is CCN(CC(=O)O)C1CC(NS(=O)(=O)CC2CCCO2)C1. The van der Waals surface area contributed by atoms with E-state index in [4.69, 9.17) is 9.84 Å². The van der Waals surface area contributed by atoms with Gasteiger partial charge in [-0.3, -0.25) is 9.69 Å². The summed E-state index contributed by atoms with van der Waals surface area (Å²) in [6.07, 6.45) is 2.89. The Balaban J connectivity index is 1.74. The van der Waals surface area contributed by atoms with Crippen LogP contribution in [0.15, 0.2) is 0 Å². The van der Waals surface area contributed by atoms with Gasteiger partial charge >= 0.3 is 5.97 Å². The molecular formula is C13H24N2O5S. The zero-order valence-electron chi connectivity index (χ0n) is 12.3. The van der Waals surface area contributed by atoms with Crippen LogP contribution in [0.3, 0.4) is 0 Å². The zero-order valence-corrected chi connectivity index (χ0v) is 13.1. The van der Waals surface area contributed by atoms with E-state index in [9.17, 15) is 13.2 Å². The Labute approximate surface area is 125 Å². The lowest BCUT2D eigenvalue weighted by atomic mass is 9.86. The van der Waals surface area contributed by atoms with Crippen LogP contribution < -0.4 is 4.72 Å². The third kappa shape index (κ3) is 4.91. The molecule has 0 aromatic heterocycles. The van der Waals surface area contributed by atoms with Gasteiger partial charge in [0, 0.05) is 18.7 Å². The lowest BCUT2D eigenvalue weighted by Crippen LogP contribution is -2.55. The minimum absolute atomic E-state index is 0.0105. The van der Waals surface area contributed by atoms with Crippen molar-refractivity contribution in [3.63, 3.8) is 0 Å². The van der Waals surface area contributed by atoms with Gasteiger partial charge in [-0.25, -0.2) is 13.1 Å². The number of ether oxygens (including phenoxy) is 1. The number of hydrogen-bond acceptors (Lipinski definition) is 5. The minimum atomic E-state index is -3.31. The second-order valence-electron chi connectivity index (χ2n) is 5.81. The van der Waals surface area contributed by atoms with Crippen molar-refractivity contribution in [2.75, 3.05) is 25.4 Å². The number of hydrogen-bond donors (Lipinski definition) is 2. The minimum Gasteiger partial charge on any atom is -0.480 e. The lowest BCUT2D eigenvalue weighted by Gasteiger charge is -2.42. The van der Waals surface area contributed by atoms with Crippen molar-refractivity contribution in [2.45, 2.75) is 50.8 Å². The monoisotopic (exact) mass is 320 g/mol. The molecule has 122 valence electrons. The summed E-state index contributed by atoms with van der Waals surface area (Å²) >= 11 is 0. The third-order valence-electron chi connectivity index (χ3n) is 4.15. The summed E-state index contributed by atoms with van der Waals surface area (Å²) in [6.45, 7) is 3.23. The highest BCUT2D eigenvalue weighted by Crippen LogP contribution is 2.26. The Morgan fingerprint density at radius 2 is 2.14 bits per heavy atom. The van der Waals surface area contributed by atoms with Crippen LogP contribution in [-0.2, 0) is 19.6 Å². The highest BCUT2D eigenvalue weighted by atomic mass is 32.2. The summed E-state index contributed by atoms with van der Waals surface area (Å²) in [4.78, 5) is 12.6. The number of aliphatic carboxylic acids is 1. The zero-order chi connectivity index (χ0) is 15.5. The summed E-state index contributed by atoms with van der Waals surface area (Å²) in [5, 5.41) is 8.83. The molecule has 0 aromatic carbocycles. The van der Waals surface area contributed by atoms with Gasteiger partial charge in [0.15, 0.2) is 0 Å². The molecule has 0 radical (unpaired) electrons. The largest absolute Gasteiger partial charge is 0.480 e. The fourth-order valence-corrected chi connectivity index (χ4v) is 4.53. The van der Waals surface area contributed by atoms with Crippen LogP contribution in [0.2, 0.25) is 0 Å². The standard InChI is InChI=1S/C13H24N2O5S/c1-2-15(8-13(16)17)11-6-10(7-11)14-21(18,19)9-12-4-3-5-20-12/h10-12,14H,2-9H2,1H3,(H,16,17). The van der Waals surface area contributed by atoms with E-state index in [1.54, 1.807) is 0 Å². The van der Waals surface area contributed by atoms with Gasteiger partial charge in [-0.2, -0.15) is 0 Å². The van der Waals surface area contributed by atoms with E-state index < -0.39 is 16.0 Å². The number of likely N-dealkylation sites (N-methyl/N-ethyl adjacent to an activating group) is 1. The normalized spacial score (nSPS) is 29.5. The maximum Gasteiger partial charge on any atom is 0.317 e. The van der Waals surface area contributed by atoms with Crippen molar-refractivity contribution in [3.05, 3.63) is 0 Å². The molecule has 1 unspecified atom stereocenters. The number of rotatable bonds is 8. The molecule has 1 heterocycles. The molecule has 7 nitrogen and oxygen atoms in total. The van der Waals surface area contributed by atoms with Crippen LogP contribution in [0.1, 0.15) is 32.6 Å². The van der Waals surface area contributed by atoms with Gasteiger partial charge in [-0.15, -0.1) is 0 Å². The first kappa shape index (κ1) is 16.7. The van der Waals surface area contributed by atoms with Gasteiger partial charge in [0.05, 0.1) is 18.4 Å². The Hall–Kier alpha value is -0.700. The van der Waals surface area contributed by atoms with E-state index in [1.165, 1.54) is 0 Å². The number of nitrogens with one attached hydrogen (secondary N) is 1. The van der Waals surface area contributed by atoms with E-state index in [2.05, 4.69) is 4.72 Å². The van der Waals surface area contributed by atoms with Crippen molar-refractivity contribution in [1.82, 2.24) is 9.62 Å². The van der Waals surface area contributed by atoms with Crippen molar-refractivity contribution in [3.8, 4) is 0 Å². The van der Waals surface area contributed by atoms with Crippen LogP contribution >= 0.6 is 0 Å². The second kappa shape index (κ2) is 7.04. The molecule has 0 bridgehead atoms. The van der Waals surface area contributed by atoms with E-state index in [1.807, 2.05) is 11.8 Å². The quantitative estimate of drug-likeness (QED) is 0.655. The Morgan fingerprint density at radius 1 is 1.43 bits per heavy atom. The molecule has 1 aliphatic heterocycles. The first-order valence-electron chi connectivity index (χ1n) is 7.47. The molecule has 2 rings (SSSR count). The van der Waals surface area contributed by atoms with Crippen molar-refractivity contribution in [2.24, 2.45) is 0 Å². The molecule has 1 aliphatic carbocycles. The van der Waals surface area contributed by atoms with Gasteiger partial charge in [-0.1, -0.05) is 6.92 Å². The molecule has 8 heteroatoms. The topological polar surface area (TPSA) is 95.9 Å². The average Bonchev–Trinajstić information content (AvgIpc) is 2.82. The summed E-state index contributed by atoms with van der Waals surface area (Å²) in [5.41, 5.74) is 0. The van der Waals surface area contributed by atoms with Crippen molar-refractivity contribution in [1.29, 1.82) is 0 Å². The summed E-state index contributed by atoms with van der Waals surface area (Å²) in [5.74, 6) is -0.819. The molecule has 0 spiro atoms. The molecular weight excluding hydrogens is 296 g/mol. The number of nitrogens with zero attached hydrogens (tertiary/aromatic N) is 1. The molecule has 1 saturated heterocycles. The number of sulfonamides is 1. The van der Waals surface area contributed by atoms with Gasteiger partial charge in [0.25, 0.3) is 0 Å². The smallest absolute Gasteiger partial charge is 0.317 e. The third-order valence-corrected chi connectivity index (χ3v) is 5.65. The molecule has 0 amide bonds. The predicted molar refractivity (Wildman–Crippen MR) is 77.6 cm³/mol. The number of carboxylic acids is 1. The molecule has 1 saturated carbocycles. The fraction of sp³-hybridized carbons (Fsp3) is 0.923. The predicted octanol–water partition coefficient (Wildman–Crippen LogP) is 0.0223. The van der Waals surface area contributed by atoms with E-state index >= 15 is 0 Å². The molecule has 2 fully saturated rings. The Bertz CT molecular complexity index is 455. The van der Waals surface area contributed by atoms with Crippen LogP contribution in [-0.4, -0.2) is 68.0 Å². The summed E-state index contributed by atoms with van der Waals surface area (Å²) in [7, 11) is -3.31. The van der Waals surface area contributed by atoms with E-state index in [0.717, 1.165) is 12.8 Å². The molecule has 2 N–H and O–H groups in total. The maximum absolute atomic E-state index is 12.0. The average molecular weight is 320 g/mol. The van der Waals surface area contributed by atoms with E-state index in [0.29, 0.717) is 26.0 Å². The maximum atomic E-state index is 12.0. The second-order valence-corrected chi connectivity index (χ2v) is 7.61. The molecule has 21 heavy (non-hydrogen) atoms. The fourth-order valence-electron chi connectivity index (χ4n) is 2.98. The van der Waals surface area contributed by atoms with Crippen LogP contribution in [0.25, 0.3) is 0 Å². The summed E-state index contributed by atoms with van der Waals surface area (Å²) in [6, 6.07) is 0.0748. The molecule has 2 aliphatic rings. The molecule has 1 atom stereocenters. The van der Waals surface area contributed by atoms with Crippen LogP contribution in [0.5, 0.6) is 0 Å². The van der Waals surface area contributed by atoms with Gasteiger partial charge in [0.2, 0.25) is 10.0 Å². The first-order chi connectivity index (χ1) is 9.89. The highest BCUT2D eigenvalue weighted by molar-refractivity contribution is 7.89. The highest BCUT2D eigenvalue weighted by Gasteiger charge is 2.36.